The van der Waals surface area contributed by atoms with Crippen molar-refractivity contribution in [1.82, 2.24) is 0 Å². The fourth-order valence-corrected chi connectivity index (χ4v) is 4.54. The lowest BCUT2D eigenvalue weighted by molar-refractivity contribution is -0.148. The van der Waals surface area contributed by atoms with Crippen LogP contribution in [-0.2, 0) is 19.1 Å². The van der Waals surface area contributed by atoms with Crippen molar-refractivity contribution in [3.8, 4) is 11.5 Å². The summed E-state index contributed by atoms with van der Waals surface area (Å²) in [6.07, 6.45) is 1.05. The van der Waals surface area contributed by atoms with Gasteiger partial charge in [-0.15, -0.1) is 0 Å². The number of benzene rings is 1. The van der Waals surface area contributed by atoms with Crippen LogP contribution in [0.15, 0.2) is 34.5 Å². The maximum Gasteiger partial charge on any atom is 0.315 e. The SMILES string of the molecule is CCOCCOC(=O)C1C(C)=NC2=C(C(=O)CC(C)(C)C2)[C@@H]1c1ccc(O)c(OCC)c1. The average Bonchev–Trinajstić information content (AvgIpc) is 2.71. The van der Waals surface area contributed by atoms with Crippen LogP contribution in [0.3, 0.4) is 0 Å². The highest BCUT2D eigenvalue weighted by atomic mass is 16.6. The normalized spacial score (nSPS) is 22.3. The van der Waals surface area contributed by atoms with Crippen molar-refractivity contribution in [3.63, 3.8) is 0 Å². The van der Waals surface area contributed by atoms with Gasteiger partial charge < -0.3 is 19.3 Å². The van der Waals surface area contributed by atoms with Crippen LogP contribution in [0.4, 0.5) is 0 Å². The minimum absolute atomic E-state index is 0.00403. The van der Waals surface area contributed by atoms with Crippen LogP contribution >= 0.6 is 0 Å². The fraction of sp³-hybridized carbons (Fsp3) is 0.560. The Morgan fingerprint density at radius 3 is 2.62 bits per heavy atom. The second kappa shape index (κ2) is 9.86. The first-order valence-corrected chi connectivity index (χ1v) is 11.2. The molecule has 0 fully saturated rings. The molecular formula is C25H33NO6. The molecule has 0 saturated heterocycles. The van der Waals surface area contributed by atoms with Crippen molar-refractivity contribution < 1.29 is 28.9 Å². The number of phenols is 1. The summed E-state index contributed by atoms with van der Waals surface area (Å²) in [5.74, 6) is -1.40. The highest BCUT2D eigenvalue weighted by Crippen LogP contribution is 2.48. The van der Waals surface area contributed by atoms with E-state index < -0.39 is 17.8 Å². The third-order valence-corrected chi connectivity index (χ3v) is 5.88. The van der Waals surface area contributed by atoms with E-state index in [0.29, 0.717) is 55.3 Å². The first kappa shape index (κ1) is 24.0. The summed E-state index contributed by atoms with van der Waals surface area (Å²) in [6, 6.07) is 4.98. The Kier molecular flexibility index (Phi) is 7.39. The lowest BCUT2D eigenvalue weighted by atomic mass is 9.67. The zero-order valence-electron chi connectivity index (χ0n) is 19.6. The van der Waals surface area contributed by atoms with E-state index in [1.54, 1.807) is 19.1 Å². The van der Waals surface area contributed by atoms with Gasteiger partial charge in [0, 0.05) is 35.9 Å². The molecule has 174 valence electrons. The standard InChI is InChI=1S/C25H33NO6/c1-6-30-10-11-32-24(29)21-15(3)26-17-13-25(4,5)14-19(28)23(17)22(21)16-8-9-18(27)20(12-16)31-7-2/h8-9,12,21-22,27H,6-7,10-11,13-14H2,1-5H3/t21?,22-/m1/s1. The topological polar surface area (TPSA) is 94.4 Å². The minimum atomic E-state index is -0.737. The molecule has 1 aromatic rings. The molecule has 1 N–H and O–H groups in total. The number of aromatic hydroxyl groups is 1. The Hall–Kier alpha value is -2.67. The molecule has 0 aromatic heterocycles. The molecule has 0 amide bonds. The molecule has 0 radical (unpaired) electrons. The summed E-state index contributed by atoms with van der Waals surface area (Å²) in [5.41, 5.74) is 2.44. The van der Waals surface area contributed by atoms with Crippen molar-refractivity contribution in [3.05, 3.63) is 35.0 Å². The molecule has 32 heavy (non-hydrogen) atoms. The maximum atomic E-state index is 13.3. The highest BCUT2D eigenvalue weighted by Gasteiger charge is 2.46. The summed E-state index contributed by atoms with van der Waals surface area (Å²) in [5, 5.41) is 10.2. The average molecular weight is 444 g/mol. The zero-order chi connectivity index (χ0) is 23.5. The number of ether oxygens (including phenoxy) is 3. The Morgan fingerprint density at radius 2 is 1.94 bits per heavy atom. The minimum Gasteiger partial charge on any atom is -0.504 e. The Morgan fingerprint density at radius 1 is 1.19 bits per heavy atom. The molecule has 1 heterocycles. The number of Topliss-reactive ketones (excluding diaryl/α,β-unsaturated/α-hetero) is 1. The van der Waals surface area contributed by atoms with Gasteiger partial charge in [0.2, 0.25) is 0 Å². The third kappa shape index (κ3) is 5.04. The summed E-state index contributed by atoms with van der Waals surface area (Å²) in [6.45, 7) is 11.0. The molecule has 0 bridgehead atoms. The van der Waals surface area contributed by atoms with Crippen LogP contribution in [0, 0.1) is 11.3 Å². The number of carbonyl (C=O) groups excluding carboxylic acids is 2. The smallest absolute Gasteiger partial charge is 0.315 e. The predicted molar refractivity (Wildman–Crippen MR) is 121 cm³/mol. The van der Waals surface area contributed by atoms with E-state index in [2.05, 4.69) is 13.8 Å². The number of rotatable bonds is 8. The summed E-state index contributed by atoms with van der Waals surface area (Å²) < 4.78 is 16.3. The number of allylic oxidation sites excluding steroid dienone is 2. The van der Waals surface area contributed by atoms with Gasteiger partial charge in [-0.3, -0.25) is 14.6 Å². The van der Waals surface area contributed by atoms with Crippen LogP contribution in [0.1, 0.15) is 58.9 Å². The van der Waals surface area contributed by atoms with Gasteiger partial charge in [-0.1, -0.05) is 19.9 Å². The van der Waals surface area contributed by atoms with Crippen molar-refractivity contribution in [2.45, 2.75) is 53.4 Å². The summed E-state index contributed by atoms with van der Waals surface area (Å²) >= 11 is 0. The van der Waals surface area contributed by atoms with E-state index in [1.807, 2.05) is 13.8 Å². The molecule has 1 aliphatic heterocycles. The van der Waals surface area contributed by atoms with Crippen molar-refractivity contribution in [1.29, 1.82) is 0 Å². The molecule has 1 aromatic carbocycles. The Bertz CT molecular complexity index is 946. The molecule has 0 saturated carbocycles. The number of esters is 1. The van der Waals surface area contributed by atoms with Crippen molar-refractivity contribution in [2.75, 3.05) is 26.4 Å². The van der Waals surface area contributed by atoms with Crippen molar-refractivity contribution in [2.24, 2.45) is 16.3 Å². The number of hydrogen-bond donors (Lipinski definition) is 1. The van der Waals surface area contributed by atoms with E-state index >= 15 is 0 Å². The van der Waals surface area contributed by atoms with E-state index in [9.17, 15) is 14.7 Å². The lowest BCUT2D eigenvalue weighted by Crippen LogP contribution is -2.39. The molecule has 7 nitrogen and oxygen atoms in total. The number of aliphatic imine (C=N–C) groups is 1. The van der Waals surface area contributed by atoms with Crippen LogP contribution in [0.25, 0.3) is 0 Å². The van der Waals surface area contributed by atoms with E-state index in [1.165, 1.54) is 6.07 Å². The van der Waals surface area contributed by atoms with Gasteiger partial charge in [0.25, 0.3) is 0 Å². The molecule has 7 heteroatoms. The van der Waals surface area contributed by atoms with E-state index in [0.717, 1.165) is 5.70 Å². The number of carbonyl (C=O) groups is 2. The molecule has 1 unspecified atom stereocenters. The van der Waals surface area contributed by atoms with Crippen LogP contribution in [-0.4, -0.2) is 49.0 Å². The van der Waals surface area contributed by atoms with Crippen molar-refractivity contribution >= 4 is 17.5 Å². The fourth-order valence-electron chi connectivity index (χ4n) is 4.54. The Balaban J connectivity index is 2.06. The number of ketones is 1. The van der Waals surface area contributed by atoms with Gasteiger partial charge in [0.1, 0.15) is 12.5 Å². The molecule has 0 spiro atoms. The second-order valence-electron chi connectivity index (χ2n) is 9.03. The monoisotopic (exact) mass is 443 g/mol. The lowest BCUT2D eigenvalue weighted by Gasteiger charge is -2.39. The highest BCUT2D eigenvalue weighted by molar-refractivity contribution is 6.09. The molecule has 2 aliphatic rings. The summed E-state index contributed by atoms with van der Waals surface area (Å²) in [7, 11) is 0. The number of phenolic OH excluding ortho intramolecular Hbond substituents is 1. The number of hydrogen-bond acceptors (Lipinski definition) is 7. The maximum absolute atomic E-state index is 13.3. The molecule has 3 rings (SSSR count). The van der Waals surface area contributed by atoms with E-state index in [-0.39, 0.29) is 23.6 Å². The van der Waals surface area contributed by atoms with Gasteiger partial charge in [-0.25, -0.2) is 0 Å². The molecular weight excluding hydrogens is 410 g/mol. The van der Waals surface area contributed by atoms with Gasteiger partial charge >= 0.3 is 5.97 Å². The largest absolute Gasteiger partial charge is 0.504 e. The first-order chi connectivity index (χ1) is 15.2. The van der Waals surface area contributed by atoms with Crippen LogP contribution < -0.4 is 4.74 Å². The van der Waals surface area contributed by atoms with Crippen LogP contribution in [0.2, 0.25) is 0 Å². The molecule has 1 aliphatic carbocycles. The third-order valence-electron chi connectivity index (χ3n) is 5.88. The predicted octanol–water partition coefficient (Wildman–Crippen LogP) is 4.19. The van der Waals surface area contributed by atoms with Gasteiger partial charge in [0.15, 0.2) is 17.3 Å². The van der Waals surface area contributed by atoms with Crippen LogP contribution in [0.5, 0.6) is 11.5 Å². The second-order valence-corrected chi connectivity index (χ2v) is 9.03. The quantitative estimate of drug-likeness (QED) is 0.478. The first-order valence-electron chi connectivity index (χ1n) is 11.2. The van der Waals surface area contributed by atoms with Gasteiger partial charge in [0.05, 0.1) is 13.2 Å². The Labute approximate surface area is 189 Å². The van der Waals surface area contributed by atoms with Gasteiger partial charge in [-0.05, 0) is 50.3 Å². The molecule has 2 atom stereocenters. The summed E-state index contributed by atoms with van der Waals surface area (Å²) in [4.78, 5) is 31.2. The number of nitrogens with zero attached hydrogens (tertiary/aromatic N) is 1. The van der Waals surface area contributed by atoms with E-state index in [4.69, 9.17) is 19.2 Å². The van der Waals surface area contributed by atoms with Gasteiger partial charge in [-0.2, -0.15) is 0 Å². The zero-order valence-corrected chi connectivity index (χ0v) is 19.6.